The lowest BCUT2D eigenvalue weighted by Gasteiger charge is -2.41. The molecule has 36 heavy (non-hydrogen) atoms. The van der Waals surface area contributed by atoms with Crippen molar-refractivity contribution in [3.8, 4) is 11.1 Å². The van der Waals surface area contributed by atoms with Gasteiger partial charge in [0.15, 0.2) is 6.17 Å². The van der Waals surface area contributed by atoms with Gasteiger partial charge in [0.25, 0.3) is 11.8 Å². The average molecular weight is 491 g/mol. The van der Waals surface area contributed by atoms with Crippen LogP contribution in [0.25, 0.3) is 11.1 Å². The van der Waals surface area contributed by atoms with E-state index in [1.165, 1.54) is 0 Å². The van der Waals surface area contributed by atoms with Crippen molar-refractivity contribution in [1.82, 2.24) is 19.6 Å². The van der Waals surface area contributed by atoms with E-state index in [-0.39, 0.29) is 19.0 Å². The van der Waals surface area contributed by atoms with Gasteiger partial charge in [-0.3, -0.25) is 29.1 Å². The normalized spacial score (nSPS) is 20.9. The van der Waals surface area contributed by atoms with Gasteiger partial charge in [-0.15, -0.1) is 0 Å². The molecular weight excluding hydrogens is 460 g/mol. The van der Waals surface area contributed by atoms with Gasteiger partial charge < -0.3 is 10.0 Å². The van der Waals surface area contributed by atoms with E-state index in [0.717, 1.165) is 46.6 Å². The third kappa shape index (κ3) is 4.58. The van der Waals surface area contributed by atoms with Gasteiger partial charge >= 0.3 is 6.09 Å². The Morgan fingerprint density at radius 1 is 0.861 bits per heavy atom. The quantitative estimate of drug-likeness (QED) is 0.647. The topological polar surface area (TPSA) is 101 Å². The first kappa shape index (κ1) is 24.0. The summed E-state index contributed by atoms with van der Waals surface area (Å²) in [5, 5.41) is 9.68. The number of carbonyl (C=O) groups excluding carboxylic acids is 3. The van der Waals surface area contributed by atoms with Crippen molar-refractivity contribution < 1.29 is 24.3 Å². The number of likely N-dealkylation sites (tertiary alicyclic amines) is 2. The van der Waals surface area contributed by atoms with Gasteiger partial charge in [0.05, 0.1) is 6.54 Å². The number of nitrogens with zero attached hydrogens (tertiary/aromatic N) is 4. The number of hydrogen-bond donors (Lipinski definition) is 1. The molecule has 9 nitrogen and oxygen atoms in total. The molecule has 1 unspecified atom stereocenters. The maximum atomic E-state index is 13.5. The third-order valence-electron chi connectivity index (χ3n) is 7.29. The molecule has 3 heterocycles. The number of hydrogen-bond acceptors (Lipinski definition) is 5. The zero-order valence-electron chi connectivity index (χ0n) is 20.1. The molecular formula is C27H30N4O5. The Hall–Kier alpha value is -3.72. The highest BCUT2D eigenvalue weighted by Crippen LogP contribution is 2.28. The van der Waals surface area contributed by atoms with Crippen molar-refractivity contribution in [2.45, 2.75) is 38.4 Å². The minimum absolute atomic E-state index is 0.0700. The fraction of sp³-hybridized carbons (Fsp3) is 0.407. The minimum Gasteiger partial charge on any atom is -0.465 e. The first-order valence-electron chi connectivity index (χ1n) is 12.5. The predicted molar refractivity (Wildman–Crippen MR) is 132 cm³/mol. The van der Waals surface area contributed by atoms with Gasteiger partial charge in [0, 0.05) is 31.7 Å². The Bertz CT molecular complexity index is 1170. The van der Waals surface area contributed by atoms with E-state index in [0.29, 0.717) is 37.3 Å². The Morgan fingerprint density at radius 3 is 2.19 bits per heavy atom. The van der Waals surface area contributed by atoms with Crippen LogP contribution in [-0.4, -0.2) is 87.4 Å². The molecule has 0 aliphatic carbocycles. The second kappa shape index (κ2) is 10.1. The van der Waals surface area contributed by atoms with E-state index in [9.17, 15) is 24.3 Å². The molecule has 3 saturated heterocycles. The van der Waals surface area contributed by atoms with E-state index in [1.807, 2.05) is 52.3 Å². The van der Waals surface area contributed by atoms with Crippen molar-refractivity contribution in [3.63, 3.8) is 0 Å². The van der Waals surface area contributed by atoms with Crippen molar-refractivity contribution in [1.29, 1.82) is 0 Å². The second-order valence-electron chi connectivity index (χ2n) is 9.58. The number of rotatable bonds is 5. The van der Waals surface area contributed by atoms with Crippen LogP contribution < -0.4 is 0 Å². The third-order valence-corrected chi connectivity index (χ3v) is 7.29. The molecule has 188 valence electrons. The number of piperazine rings is 1. The summed E-state index contributed by atoms with van der Waals surface area (Å²) in [6.45, 7) is 2.11. The molecule has 3 aliphatic rings. The van der Waals surface area contributed by atoms with Crippen molar-refractivity contribution in [2.24, 2.45) is 0 Å². The zero-order valence-corrected chi connectivity index (χ0v) is 20.1. The lowest BCUT2D eigenvalue weighted by molar-refractivity contribution is -0.161. The summed E-state index contributed by atoms with van der Waals surface area (Å²) in [5.74, 6) is -1.24. The van der Waals surface area contributed by atoms with Crippen molar-refractivity contribution in [3.05, 3.63) is 59.7 Å². The number of carbonyl (C=O) groups is 4. The molecule has 4 amide bonds. The molecule has 0 aromatic heterocycles. The van der Waals surface area contributed by atoms with Gasteiger partial charge in [-0.05, 0) is 48.4 Å². The number of benzene rings is 2. The highest BCUT2D eigenvalue weighted by molar-refractivity contribution is 6.04. The molecule has 5 rings (SSSR count). The molecule has 0 bridgehead atoms. The average Bonchev–Trinajstić information content (AvgIpc) is 3.61. The molecule has 2 aromatic carbocycles. The first-order valence-corrected chi connectivity index (χ1v) is 12.5. The fourth-order valence-corrected chi connectivity index (χ4v) is 5.38. The van der Waals surface area contributed by atoms with Gasteiger partial charge in [0.1, 0.15) is 6.54 Å². The predicted octanol–water partition coefficient (Wildman–Crippen LogP) is 2.86. The van der Waals surface area contributed by atoms with Crippen LogP contribution in [0.2, 0.25) is 0 Å². The molecule has 1 N–H and O–H groups in total. The second-order valence-corrected chi connectivity index (χ2v) is 9.58. The van der Waals surface area contributed by atoms with E-state index in [4.69, 9.17) is 0 Å². The van der Waals surface area contributed by atoms with Gasteiger partial charge in [0.2, 0.25) is 5.91 Å². The molecule has 1 atom stereocenters. The maximum absolute atomic E-state index is 13.5. The van der Waals surface area contributed by atoms with Crippen LogP contribution in [0.3, 0.4) is 0 Å². The van der Waals surface area contributed by atoms with Crippen LogP contribution in [0.15, 0.2) is 48.5 Å². The largest absolute Gasteiger partial charge is 0.465 e. The Kier molecular flexibility index (Phi) is 6.73. The molecule has 9 heteroatoms. The minimum atomic E-state index is -1.29. The van der Waals surface area contributed by atoms with E-state index >= 15 is 0 Å². The first-order chi connectivity index (χ1) is 17.4. The highest BCUT2D eigenvalue weighted by atomic mass is 16.4. The number of amides is 4. The Morgan fingerprint density at radius 2 is 1.53 bits per heavy atom. The van der Waals surface area contributed by atoms with Crippen LogP contribution in [0.1, 0.15) is 41.6 Å². The van der Waals surface area contributed by atoms with Gasteiger partial charge in [-0.1, -0.05) is 42.5 Å². The summed E-state index contributed by atoms with van der Waals surface area (Å²) >= 11 is 0. The molecule has 0 spiro atoms. The molecule has 2 aromatic rings. The van der Waals surface area contributed by atoms with Gasteiger partial charge in [-0.2, -0.15) is 0 Å². The summed E-state index contributed by atoms with van der Waals surface area (Å²) in [4.78, 5) is 57.6. The highest BCUT2D eigenvalue weighted by Gasteiger charge is 2.46. The lowest BCUT2D eigenvalue weighted by atomic mass is 9.97. The number of carboxylic acid groups (broad SMARTS) is 1. The molecule has 0 saturated carbocycles. The molecule has 3 fully saturated rings. The summed E-state index contributed by atoms with van der Waals surface area (Å²) in [6, 6.07) is 15.3. The molecule has 3 aliphatic heterocycles. The van der Waals surface area contributed by atoms with Crippen molar-refractivity contribution in [2.75, 3.05) is 32.7 Å². The van der Waals surface area contributed by atoms with Crippen LogP contribution in [-0.2, 0) is 16.1 Å². The Balaban J connectivity index is 1.49. The summed E-state index contributed by atoms with van der Waals surface area (Å²) in [5.41, 5.74) is 2.90. The lowest BCUT2D eigenvalue weighted by Crippen LogP contribution is -2.65. The van der Waals surface area contributed by atoms with E-state index in [2.05, 4.69) is 0 Å². The number of imide groups is 1. The Labute approximate surface area is 209 Å². The zero-order chi connectivity index (χ0) is 25.2. The standard InChI is InChI=1S/C27H30N4O5/c32-23-18-31(27(35)36)24(28-12-4-5-13-28)26(34)30(23)17-21-11-10-20(19-8-2-1-3-9-19)16-22(21)25(33)29-14-6-7-15-29/h1-3,8-11,16,24H,4-7,12-15,17-18H2,(H,35,36). The smallest absolute Gasteiger partial charge is 0.409 e. The van der Waals surface area contributed by atoms with Crippen LogP contribution in [0.4, 0.5) is 4.79 Å². The van der Waals surface area contributed by atoms with E-state index < -0.39 is 24.1 Å². The monoisotopic (exact) mass is 490 g/mol. The van der Waals surface area contributed by atoms with E-state index in [1.54, 1.807) is 6.07 Å². The van der Waals surface area contributed by atoms with Crippen molar-refractivity contribution >= 4 is 23.8 Å². The SMILES string of the molecule is O=C(c1cc(-c2ccccc2)ccc1CN1C(=O)CN(C(=O)O)C(N2CCCC2)C1=O)N1CCCC1. The summed E-state index contributed by atoms with van der Waals surface area (Å²) < 4.78 is 0. The van der Waals surface area contributed by atoms with Crippen LogP contribution in [0.5, 0.6) is 0 Å². The van der Waals surface area contributed by atoms with Crippen LogP contribution >= 0.6 is 0 Å². The van der Waals surface area contributed by atoms with Gasteiger partial charge in [-0.25, -0.2) is 4.79 Å². The summed E-state index contributed by atoms with van der Waals surface area (Å²) in [7, 11) is 0. The molecule has 0 radical (unpaired) electrons. The summed E-state index contributed by atoms with van der Waals surface area (Å²) in [6.07, 6.45) is 1.34. The van der Waals surface area contributed by atoms with Crippen LogP contribution in [0, 0.1) is 0 Å². The maximum Gasteiger partial charge on any atom is 0.409 e. The fourth-order valence-electron chi connectivity index (χ4n) is 5.38.